The Kier molecular flexibility index (Phi) is 13.1. The average Bonchev–Trinajstić information content (AvgIpc) is 2.56. The average molecular weight is 360 g/mol. The van der Waals surface area contributed by atoms with Crippen molar-refractivity contribution in [3.8, 4) is 0 Å². The Morgan fingerprint density at radius 1 is 0.696 bits per heavy atom. The normalized spacial score (nSPS) is 10.4. The molecular weight excluding hydrogens is 342 g/mol. The first-order valence-electron chi connectivity index (χ1n) is 6.29. The fourth-order valence-corrected chi connectivity index (χ4v) is 1.70. The molecular formula is C14H18O7P2+2. The summed E-state index contributed by atoms with van der Waals surface area (Å²) in [5.41, 5.74) is 1.93. The lowest BCUT2D eigenvalue weighted by molar-refractivity contribution is 0.281. The molecule has 9 heteroatoms. The molecule has 0 fully saturated rings. The highest BCUT2D eigenvalue weighted by Crippen LogP contribution is 2.30. The van der Waals surface area contributed by atoms with Gasteiger partial charge in [-0.1, -0.05) is 60.7 Å². The second-order valence-corrected chi connectivity index (χ2v) is 5.45. The van der Waals surface area contributed by atoms with Gasteiger partial charge in [0.05, 0.1) is 13.2 Å². The molecule has 0 amide bonds. The van der Waals surface area contributed by atoms with Crippen LogP contribution in [0.5, 0.6) is 0 Å². The van der Waals surface area contributed by atoms with Gasteiger partial charge >= 0.3 is 16.5 Å². The molecule has 0 aromatic heterocycles. The van der Waals surface area contributed by atoms with E-state index in [1.165, 1.54) is 0 Å². The molecule has 7 nitrogen and oxygen atoms in total. The summed E-state index contributed by atoms with van der Waals surface area (Å²) < 4.78 is 22.2. The summed E-state index contributed by atoms with van der Waals surface area (Å²) in [6.07, 6.45) is 0. The minimum atomic E-state index is -2.92. The van der Waals surface area contributed by atoms with E-state index >= 15 is 0 Å². The van der Waals surface area contributed by atoms with Crippen molar-refractivity contribution in [2.45, 2.75) is 13.2 Å². The lowest BCUT2D eigenvalue weighted by Gasteiger charge is -1.89. The van der Waals surface area contributed by atoms with Gasteiger partial charge in [-0.15, -0.1) is 9.79 Å². The van der Waals surface area contributed by atoms with Gasteiger partial charge in [0, 0.05) is 9.13 Å². The summed E-state index contributed by atoms with van der Waals surface area (Å²) in [5.74, 6) is 0. The van der Waals surface area contributed by atoms with Gasteiger partial charge in [0.15, 0.2) is 4.31 Å². The Balaban J connectivity index is 0.000000317. The third-order valence-corrected chi connectivity index (χ3v) is 3.31. The van der Waals surface area contributed by atoms with Crippen molar-refractivity contribution in [3.05, 3.63) is 71.8 Å². The highest BCUT2D eigenvalue weighted by atomic mass is 31.2. The molecule has 0 spiro atoms. The Morgan fingerprint density at radius 3 is 1.13 bits per heavy atom. The number of aliphatic hydroxyl groups is 2. The smallest absolute Gasteiger partial charge is 0.392 e. The summed E-state index contributed by atoms with van der Waals surface area (Å²) in [7, 11) is -5.85. The monoisotopic (exact) mass is 360 g/mol. The fraction of sp³-hybridized carbons (Fsp3) is 0.143. The third kappa shape index (κ3) is 13.8. The fourth-order valence-electron chi connectivity index (χ4n) is 1.23. The minimum absolute atomic E-state index is 0.140. The largest absolute Gasteiger partial charge is 0.745 e. The Hall–Kier alpha value is -1.56. The van der Waals surface area contributed by atoms with Crippen LogP contribution in [-0.4, -0.2) is 20.0 Å². The Morgan fingerprint density at radius 2 is 1.00 bits per heavy atom. The van der Waals surface area contributed by atoms with Crippen LogP contribution in [0.4, 0.5) is 0 Å². The molecule has 0 saturated carbocycles. The van der Waals surface area contributed by atoms with Crippen LogP contribution in [0.25, 0.3) is 0 Å². The molecule has 0 aliphatic rings. The van der Waals surface area contributed by atoms with E-state index in [2.05, 4.69) is 4.31 Å². The summed E-state index contributed by atoms with van der Waals surface area (Å²) in [6, 6.07) is 19.0. The van der Waals surface area contributed by atoms with Crippen LogP contribution in [0.1, 0.15) is 11.1 Å². The van der Waals surface area contributed by atoms with Gasteiger partial charge in [-0.05, 0) is 11.1 Å². The summed E-state index contributed by atoms with van der Waals surface area (Å²) in [5, 5.41) is 17.1. The molecule has 0 heterocycles. The van der Waals surface area contributed by atoms with Crippen LogP contribution in [0.2, 0.25) is 0 Å². The van der Waals surface area contributed by atoms with E-state index in [1.54, 1.807) is 0 Å². The second kappa shape index (κ2) is 14.1. The molecule has 0 radical (unpaired) electrons. The Bertz CT molecular complexity index is 512. The van der Waals surface area contributed by atoms with Crippen LogP contribution < -0.4 is 0 Å². The predicted molar refractivity (Wildman–Crippen MR) is 85.5 cm³/mol. The molecule has 23 heavy (non-hydrogen) atoms. The maximum atomic E-state index is 9.39. The lowest BCUT2D eigenvalue weighted by Crippen LogP contribution is -1.77. The van der Waals surface area contributed by atoms with E-state index < -0.39 is 16.5 Å². The molecule has 124 valence electrons. The number of aliphatic hydroxyl groups excluding tert-OH is 2. The van der Waals surface area contributed by atoms with Crippen molar-refractivity contribution in [1.29, 1.82) is 0 Å². The van der Waals surface area contributed by atoms with E-state index in [-0.39, 0.29) is 13.2 Å². The molecule has 0 saturated heterocycles. The molecule has 0 aliphatic heterocycles. The summed E-state index contributed by atoms with van der Waals surface area (Å²) in [6.45, 7) is 0.279. The molecule has 0 aliphatic carbocycles. The summed E-state index contributed by atoms with van der Waals surface area (Å²) in [4.78, 5) is 15.3. The van der Waals surface area contributed by atoms with E-state index in [4.69, 9.17) is 20.0 Å². The third-order valence-electron chi connectivity index (χ3n) is 2.19. The van der Waals surface area contributed by atoms with E-state index in [0.29, 0.717) is 0 Å². The van der Waals surface area contributed by atoms with Crippen molar-refractivity contribution in [1.82, 2.24) is 0 Å². The van der Waals surface area contributed by atoms with Gasteiger partial charge in [-0.3, -0.25) is 0 Å². The zero-order valence-electron chi connectivity index (χ0n) is 12.1. The minimum Gasteiger partial charge on any atom is -0.392 e. The molecule has 2 aromatic carbocycles. The zero-order valence-corrected chi connectivity index (χ0v) is 13.9. The van der Waals surface area contributed by atoms with Crippen LogP contribution in [0, 0.1) is 0 Å². The first-order valence-corrected chi connectivity index (χ1v) is 8.55. The van der Waals surface area contributed by atoms with Crippen LogP contribution in [0.15, 0.2) is 60.7 Å². The topological polar surface area (TPSA) is 124 Å². The molecule has 4 N–H and O–H groups in total. The van der Waals surface area contributed by atoms with Gasteiger partial charge in [-0.25, -0.2) is 0 Å². The van der Waals surface area contributed by atoms with Crippen LogP contribution in [0.3, 0.4) is 0 Å². The first kappa shape index (κ1) is 21.4. The SMILES string of the molecule is O=[P+](O)O[P+](=O)O.OCc1ccccc1.OCc1ccccc1. The maximum absolute atomic E-state index is 9.39. The van der Waals surface area contributed by atoms with Crippen LogP contribution >= 0.6 is 16.5 Å². The Labute approximate surface area is 135 Å². The lowest BCUT2D eigenvalue weighted by atomic mass is 10.2. The predicted octanol–water partition coefficient (Wildman–Crippen LogP) is 2.66. The first-order chi connectivity index (χ1) is 11.0. The van der Waals surface area contributed by atoms with E-state index in [1.807, 2.05) is 60.7 Å². The van der Waals surface area contributed by atoms with Gasteiger partial charge in [-0.2, -0.15) is 0 Å². The molecule has 2 aromatic rings. The number of hydrogen-bond acceptors (Lipinski definition) is 5. The molecule has 0 bridgehead atoms. The van der Waals surface area contributed by atoms with Gasteiger partial charge in [0.25, 0.3) is 0 Å². The zero-order chi connectivity index (χ0) is 17.5. The molecule has 2 atom stereocenters. The van der Waals surface area contributed by atoms with Gasteiger partial charge in [0.1, 0.15) is 0 Å². The quantitative estimate of drug-likeness (QED) is 0.618. The summed E-state index contributed by atoms with van der Waals surface area (Å²) >= 11 is 0. The van der Waals surface area contributed by atoms with Crippen molar-refractivity contribution >= 4 is 16.5 Å². The second-order valence-electron chi connectivity index (χ2n) is 3.84. The van der Waals surface area contributed by atoms with Crippen molar-refractivity contribution in [3.63, 3.8) is 0 Å². The highest BCUT2D eigenvalue weighted by Gasteiger charge is 2.31. The van der Waals surface area contributed by atoms with Crippen molar-refractivity contribution in [2.75, 3.05) is 0 Å². The number of rotatable bonds is 4. The van der Waals surface area contributed by atoms with Crippen molar-refractivity contribution < 1.29 is 33.4 Å². The van der Waals surface area contributed by atoms with Gasteiger partial charge < -0.3 is 10.2 Å². The maximum Gasteiger partial charge on any atom is 0.745 e. The van der Waals surface area contributed by atoms with E-state index in [0.717, 1.165) is 11.1 Å². The number of benzene rings is 2. The van der Waals surface area contributed by atoms with Crippen molar-refractivity contribution in [2.24, 2.45) is 0 Å². The highest BCUT2D eigenvalue weighted by molar-refractivity contribution is 7.46. The van der Waals surface area contributed by atoms with E-state index in [9.17, 15) is 9.13 Å². The number of hydrogen-bond donors (Lipinski definition) is 4. The molecule has 2 rings (SSSR count). The van der Waals surface area contributed by atoms with Crippen LogP contribution in [-0.2, 0) is 26.7 Å². The standard InChI is InChI=1S/2C7H8O.O5P2/c2*8-6-7-4-2-1-3-5-7;1-6(2)5-7(3)4/h2*1-5,8H,6H2;/p+2. The van der Waals surface area contributed by atoms with Gasteiger partial charge in [0.2, 0.25) is 0 Å². The molecule has 2 unspecified atom stereocenters.